The van der Waals surface area contributed by atoms with Crippen molar-refractivity contribution in [1.82, 2.24) is 10.1 Å². The third kappa shape index (κ3) is 2.81. The molecule has 1 fully saturated rings. The van der Waals surface area contributed by atoms with Gasteiger partial charge < -0.3 is 9.42 Å². The van der Waals surface area contributed by atoms with Crippen molar-refractivity contribution in [3.8, 4) is 0 Å². The van der Waals surface area contributed by atoms with Gasteiger partial charge in [-0.2, -0.15) is 0 Å². The van der Waals surface area contributed by atoms with Crippen LogP contribution in [0.25, 0.3) is 0 Å². The predicted molar refractivity (Wildman–Crippen MR) is 62.1 cm³/mol. The Kier molecular flexibility index (Phi) is 3.91. The third-order valence-corrected chi connectivity index (χ3v) is 2.64. The summed E-state index contributed by atoms with van der Waals surface area (Å²) in [5, 5.41) is 4.10. The third-order valence-electron chi connectivity index (χ3n) is 2.64. The van der Waals surface area contributed by atoms with Gasteiger partial charge in [-0.3, -0.25) is 0 Å². The number of aryl methyl sites for hydroxylation is 1. The fourth-order valence-electron chi connectivity index (χ4n) is 1.87. The maximum Gasteiger partial charge on any atom is 0.133 e. The topological polar surface area (TPSA) is 29.3 Å². The molecule has 1 aromatic heterocycles. The van der Waals surface area contributed by atoms with Gasteiger partial charge in [0.15, 0.2) is 0 Å². The van der Waals surface area contributed by atoms with Gasteiger partial charge in [-0.15, -0.1) is 0 Å². The molecule has 1 aliphatic carbocycles. The smallest absolute Gasteiger partial charge is 0.133 e. The van der Waals surface area contributed by atoms with Crippen LogP contribution in [-0.2, 0) is 5.41 Å². The number of aromatic nitrogens is 1. The lowest BCUT2D eigenvalue weighted by Gasteiger charge is -2.17. The van der Waals surface area contributed by atoms with Gasteiger partial charge in [-0.05, 0) is 33.9 Å². The molecule has 0 bridgehead atoms. The summed E-state index contributed by atoms with van der Waals surface area (Å²) in [6.07, 6.45) is 2.49. The Bertz CT molecular complexity index is 300. The van der Waals surface area contributed by atoms with Crippen molar-refractivity contribution in [2.45, 2.75) is 39.0 Å². The van der Waals surface area contributed by atoms with Crippen LogP contribution in [0.5, 0.6) is 0 Å². The quantitative estimate of drug-likeness (QED) is 0.768. The number of hydrogen-bond donors (Lipinski definition) is 0. The second-order valence-electron chi connectivity index (χ2n) is 4.34. The molecule has 0 saturated heterocycles. The van der Waals surface area contributed by atoms with Crippen LogP contribution >= 0.6 is 0 Å². The van der Waals surface area contributed by atoms with E-state index in [1.807, 2.05) is 20.8 Å². The van der Waals surface area contributed by atoms with Crippen molar-refractivity contribution >= 4 is 0 Å². The molecule has 15 heavy (non-hydrogen) atoms. The highest BCUT2D eigenvalue weighted by molar-refractivity contribution is 5.25. The van der Waals surface area contributed by atoms with E-state index in [1.54, 1.807) is 0 Å². The number of hydrogen-bond acceptors (Lipinski definition) is 3. The molecule has 2 rings (SSSR count). The maximum atomic E-state index is 5.10. The van der Waals surface area contributed by atoms with Gasteiger partial charge in [0, 0.05) is 18.0 Å². The van der Waals surface area contributed by atoms with Gasteiger partial charge in [-0.1, -0.05) is 19.0 Å². The zero-order valence-electron chi connectivity index (χ0n) is 10.5. The molecule has 0 aromatic carbocycles. The van der Waals surface area contributed by atoms with E-state index in [-0.39, 0.29) is 0 Å². The first-order valence-electron chi connectivity index (χ1n) is 5.71. The highest BCUT2D eigenvalue weighted by atomic mass is 16.5. The second-order valence-corrected chi connectivity index (χ2v) is 4.34. The van der Waals surface area contributed by atoms with Crippen LogP contribution in [0.1, 0.15) is 38.1 Å². The first-order chi connectivity index (χ1) is 7.12. The van der Waals surface area contributed by atoms with Crippen molar-refractivity contribution in [1.29, 1.82) is 0 Å². The molecule has 86 valence electrons. The van der Waals surface area contributed by atoms with Crippen molar-refractivity contribution < 1.29 is 4.52 Å². The standard InChI is InChI=1S/C10H16N2O.C2H6/c1-8-6-9(11-13-8)10(4-5-10)7-12(2)3;1-2/h6H,4-5,7H2,1-3H3;1-2H3. The molecule has 1 aliphatic rings. The van der Waals surface area contributed by atoms with Gasteiger partial charge >= 0.3 is 0 Å². The van der Waals surface area contributed by atoms with E-state index in [2.05, 4.69) is 30.2 Å². The first-order valence-corrected chi connectivity index (χ1v) is 5.71. The fraction of sp³-hybridized carbons (Fsp3) is 0.750. The zero-order valence-corrected chi connectivity index (χ0v) is 10.5. The van der Waals surface area contributed by atoms with E-state index in [0.717, 1.165) is 18.0 Å². The van der Waals surface area contributed by atoms with E-state index >= 15 is 0 Å². The minimum absolute atomic E-state index is 0.307. The Morgan fingerprint density at radius 3 is 2.33 bits per heavy atom. The number of rotatable bonds is 3. The molecule has 0 N–H and O–H groups in total. The van der Waals surface area contributed by atoms with E-state index in [9.17, 15) is 0 Å². The average Bonchev–Trinajstić information content (AvgIpc) is 2.82. The van der Waals surface area contributed by atoms with E-state index in [1.165, 1.54) is 12.8 Å². The summed E-state index contributed by atoms with van der Waals surface area (Å²) in [5.41, 5.74) is 1.44. The van der Waals surface area contributed by atoms with Gasteiger partial charge in [0.25, 0.3) is 0 Å². The van der Waals surface area contributed by atoms with Crippen molar-refractivity contribution in [3.05, 3.63) is 17.5 Å². The number of nitrogens with zero attached hydrogens (tertiary/aromatic N) is 2. The van der Waals surface area contributed by atoms with E-state index in [4.69, 9.17) is 4.52 Å². The Morgan fingerprint density at radius 2 is 2.00 bits per heavy atom. The van der Waals surface area contributed by atoms with Crippen molar-refractivity contribution in [2.75, 3.05) is 20.6 Å². The lowest BCUT2D eigenvalue weighted by molar-refractivity contribution is 0.338. The predicted octanol–water partition coefficient (Wildman–Crippen LogP) is 2.60. The molecule has 3 heteroatoms. The Balaban J connectivity index is 0.000000531. The van der Waals surface area contributed by atoms with Crippen molar-refractivity contribution in [2.24, 2.45) is 0 Å². The summed E-state index contributed by atoms with van der Waals surface area (Å²) in [6.45, 7) is 7.03. The molecule has 0 atom stereocenters. The van der Waals surface area contributed by atoms with Gasteiger partial charge in [-0.25, -0.2) is 0 Å². The van der Waals surface area contributed by atoms with E-state index in [0.29, 0.717) is 5.41 Å². The van der Waals surface area contributed by atoms with Gasteiger partial charge in [0.2, 0.25) is 0 Å². The Hall–Kier alpha value is -0.830. The number of likely N-dealkylation sites (N-methyl/N-ethyl adjacent to an activating group) is 1. The lowest BCUT2D eigenvalue weighted by atomic mass is 10.0. The minimum atomic E-state index is 0.307. The highest BCUT2D eigenvalue weighted by Gasteiger charge is 2.46. The molecule has 0 amide bonds. The van der Waals surface area contributed by atoms with Crippen LogP contribution in [-0.4, -0.2) is 30.7 Å². The molecule has 0 unspecified atom stereocenters. The normalized spacial score (nSPS) is 17.2. The summed E-state index contributed by atoms with van der Waals surface area (Å²) < 4.78 is 5.10. The van der Waals surface area contributed by atoms with Gasteiger partial charge in [0.1, 0.15) is 5.76 Å². The molecule has 0 radical (unpaired) electrons. The molecular weight excluding hydrogens is 188 g/mol. The second kappa shape index (κ2) is 4.79. The van der Waals surface area contributed by atoms with Crippen LogP contribution in [0.15, 0.2) is 10.6 Å². The molecule has 3 nitrogen and oxygen atoms in total. The summed E-state index contributed by atoms with van der Waals surface area (Å²) in [5.74, 6) is 0.917. The summed E-state index contributed by atoms with van der Waals surface area (Å²) in [6, 6.07) is 2.07. The molecule has 0 aliphatic heterocycles. The van der Waals surface area contributed by atoms with E-state index < -0.39 is 0 Å². The molecule has 1 aromatic rings. The summed E-state index contributed by atoms with van der Waals surface area (Å²) in [4.78, 5) is 2.22. The lowest BCUT2D eigenvalue weighted by Crippen LogP contribution is -2.26. The maximum absolute atomic E-state index is 5.10. The monoisotopic (exact) mass is 210 g/mol. The zero-order chi connectivity index (χ0) is 11.5. The molecule has 1 heterocycles. The van der Waals surface area contributed by atoms with Crippen LogP contribution in [0, 0.1) is 6.92 Å². The molecule has 1 saturated carbocycles. The average molecular weight is 210 g/mol. The Morgan fingerprint density at radius 1 is 1.40 bits per heavy atom. The summed E-state index contributed by atoms with van der Waals surface area (Å²) >= 11 is 0. The molecule has 0 spiro atoms. The van der Waals surface area contributed by atoms with Crippen LogP contribution < -0.4 is 0 Å². The van der Waals surface area contributed by atoms with Crippen LogP contribution in [0.4, 0.5) is 0 Å². The van der Waals surface area contributed by atoms with Crippen LogP contribution in [0.3, 0.4) is 0 Å². The SMILES string of the molecule is CC.Cc1cc(C2(CN(C)C)CC2)no1. The summed E-state index contributed by atoms with van der Waals surface area (Å²) in [7, 11) is 4.21. The minimum Gasteiger partial charge on any atom is -0.361 e. The highest BCUT2D eigenvalue weighted by Crippen LogP contribution is 2.47. The fourth-order valence-corrected chi connectivity index (χ4v) is 1.87. The van der Waals surface area contributed by atoms with Gasteiger partial charge in [0.05, 0.1) is 5.69 Å². The van der Waals surface area contributed by atoms with Crippen molar-refractivity contribution in [3.63, 3.8) is 0 Å². The largest absolute Gasteiger partial charge is 0.361 e. The first kappa shape index (κ1) is 12.2. The van der Waals surface area contributed by atoms with Crippen LogP contribution in [0.2, 0.25) is 0 Å². The Labute approximate surface area is 92.4 Å². The molecular formula is C12H22N2O.